The molecule has 0 spiro atoms. The van der Waals surface area contributed by atoms with Gasteiger partial charge in [0.15, 0.2) is 0 Å². The normalized spacial score (nSPS) is 5.77. The van der Waals surface area contributed by atoms with Gasteiger partial charge in [-0.05, 0) is 24.6 Å². The zero-order chi connectivity index (χ0) is 11.1. The van der Waals surface area contributed by atoms with Crippen LogP contribution >= 0.6 is 9.69 Å². The van der Waals surface area contributed by atoms with Crippen molar-refractivity contribution in [3.05, 3.63) is 30.1 Å². The molecule has 3 nitrogen and oxygen atoms in total. The van der Waals surface area contributed by atoms with Gasteiger partial charge in [0.25, 0.3) is 0 Å². The summed E-state index contributed by atoms with van der Waals surface area (Å²) < 4.78 is 0. The number of hydrogen-bond donors (Lipinski definition) is 0. The Kier molecular flexibility index (Phi) is 31.6. The Bertz CT molecular complexity index is 173. The molecule has 0 bridgehead atoms. The van der Waals surface area contributed by atoms with Crippen LogP contribution in [-0.4, -0.2) is 18.6 Å². The van der Waals surface area contributed by atoms with E-state index in [1.807, 2.05) is 36.4 Å². The Labute approximate surface area is 92.2 Å². The summed E-state index contributed by atoms with van der Waals surface area (Å²) in [7, 11) is 4.53. The third-order valence-electron chi connectivity index (χ3n) is 0.847. The minimum absolute atomic E-state index is 1.26. The number of aryl methyl sites for hydroxylation is 1. The molecule has 13 heavy (non-hydrogen) atoms. The number of nitrogens with zero attached hydrogens (tertiary/aromatic N) is 1. The van der Waals surface area contributed by atoms with Gasteiger partial charge in [-0.1, -0.05) is 0 Å². The number of halogens is 1. The Morgan fingerprint density at radius 1 is 1.15 bits per heavy atom. The van der Waals surface area contributed by atoms with Crippen LogP contribution in [0, 0.1) is 6.92 Å². The number of carbonyl (C=O) groups excluding carboxylic acids is 2. The van der Waals surface area contributed by atoms with Gasteiger partial charge in [-0.2, -0.15) is 0 Å². The van der Waals surface area contributed by atoms with E-state index in [4.69, 9.17) is 9.59 Å². The van der Waals surface area contributed by atoms with E-state index >= 15 is 0 Å². The molecule has 0 atom stereocenters. The summed E-state index contributed by atoms with van der Waals surface area (Å²) in [5, 5.41) is 0. The predicted molar refractivity (Wildman–Crippen MR) is 46.2 cm³/mol. The van der Waals surface area contributed by atoms with E-state index in [0.29, 0.717) is 0 Å². The van der Waals surface area contributed by atoms with Gasteiger partial charge in [-0.3, -0.25) is 4.98 Å². The molecular weight excluding hydrogens is 280 g/mol. The molecule has 5 heteroatoms. The first-order chi connectivity index (χ1) is 6.39. The number of rotatable bonds is 0. The summed E-state index contributed by atoms with van der Waals surface area (Å²) in [5.41, 5.74) is 1.26. The maximum absolute atomic E-state index is 7.50. The van der Waals surface area contributed by atoms with Gasteiger partial charge < -0.3 is 23.2 Å². The molecule has 0 aromatic carbocycles. The third kappa shape index (κ3) is 18.4. The molecule has 2 radical (unpaired) electrons. The van der Waals surface area contributed by atoms with Crippen LogP contribution in [0.3, 0.4) is 0 Å². The number of hydrogen-bond acceptors (Lipinski definition) is 3. The van der Waals surface area contributed by atoms with E-state index in [1.165, 1.54) is 5.56 Å². The van der Waals surface area contributed by atoms with Crippen LogP contribution in [0.1, 0.15) is 5.56 Å². The molecule has 0 unspecified atom stereocenters. The molecule has 1 rings (SSSR count). The number of pyridine rings is 1. The molecule has 0 saturated heterocycles. The van der Waals surface area contributed by atoms with E-state index in [0.717, 1.165) is 0 Å². The summed E-state index contributed by atoms with van der Waals surface area (Å²) in [6.45, 7) is 11.0. The van der Waals surface area contributed by atoms with Crippen molar-refractivity contribution < 1.29 is 26.9 Å². The van der Waals surface area contributed by atoms with E-state index in [1.54, 1.807) is 12.4 Å². The Hall–Kier alpha value is -0.597. The molecule has 1 heterocycles. The topological polar surface area (TPSA) is 47.0 Å². The van der Waals surface area contributed by atoms with Gasteiger partial charge in [0.05, 0.1) is 0 Å². The van der Waals surface area contributed by atoms with E-state index < -0.39 is 0 Å². The van der Waals surface area contributed by atoms with Crippen molar-refractivity contribution in [1.82, 2.24) is 4.98 Å². The molecule has 0 amide bonds. The minimum atomic E-state index is 1.26. The van der Waals surface area contributed by atoms with Crippen molar-refractivity contribution in [2.24, 2.45) is 0 Å². The molecule has 0 aliphatic carbocycles. The summed E-state index contributed by atoms with van der Waals surface area (Å²) in [5.74, 6) is 0. The van der Waals surface area contributed by atoms with Gasteiger partial charge in [-0.25, -0.2) is 0 Å². The van der Waals surface area contributed by atoms with E-state index in [2.05, 4.69) is 28.3 Å². The summed E-state index contributed by atoms with van der Waals surface area (Å²) in [4.78, 5) is 18.8. The Morgan fingerprint density at radius 2 is 1.46 bits per heavy atom. The van der Waals surface area contributed by atoms with Crippen LogP contribution < -0.4 is 0 Å². The molecule has 0 aliphatic heterocycles. The molecular formula is C8H7ClNO2Rh. The maximum atomic E-state index is 7.50. The first-order valence-electron chi connectivity index (χ1n) is 2.79. The Morgan fingerprint density at radius 3 is 1.62 bits per heavy atom. The zero-order valence-electron chi connectivity index (χ0n) is 6.78. The first kappa shape index (κ1) is 18.2. The Balaban J connectivity index is -0.000000144. The van der Waals surface area contributed by atoms with Crippen LogP contribution in [0.15, 0.2) is 24.5 Å². The van der Waals surface area contributed by atoms with Crippen molar-refractivity contribution in [2.75, 3.05) is 0 Å². The number of aromatic nitrogens is 1. The molecule has 0 aliphatic rings. The molecule has 0 N–H and O–H groups in total. The standard InChI is InChI=1S/C6H7N.2CO.ClH.Rh/c1-6-2-4-7-5-3-6;2*1-2;;/h2-5H,1H3;;;1H;/q;2*-1;;+3/p-1. The van der Waals surface area contributed by atoms with Crippen molar-refractivity contribution in [1.29, 1.82) is 0 Å². The molecule has 1 aromatic heterocycles. The van der Waals surface area contributed by atoms with Gasteiger partial charge in [0, 0.05) is 12.4 Å². The van der Waals surface area contributed by atoms with Crippen molar-refractivity contribution in [3.8, 4) is 0 Å². The summed E-state index contributed by atoms with van der Waals surface area (Å²) in [6, 6.07) is 3.94. The fourth-order valence-electron chi connectivity index (χ4n) is 0.426. The predicted octanol–water partition coefficient (Wildman–Crippen LogP) is 1.28. The van der Waals surface area contributed by atoms with Gasteiger partial charge in [-0.15, -0.1) is 0 Å². The second kappa shape index (κ2) is 22.5. The first-order valence-corrected chi connectivity index (χ1v) is 4.90. The van der Waals surface area contributed by atoms with Gasteiger partial charge in [0.2, 0.25) is 0 Å². The fourth-order valence-corrected chi connectivity index (χ4v) is 0.426. The average Bonchev–Trinajstić information content (AvgIpc) is 2.28. The van der Waals surface area contributed by atoms with Crippen LogP contribution in [0.25, 0.3) is 0 Å². The van der Waals surface area contributed by atoms with Gasteiger partial charge in [0.1, 0.15) is 0 Å². The SMILES string of the molecule is Cc1ccncc1.[C-]=O.[C-]=O.[Cl][Rh+2]. The molecule has 1 aromatic rings. The van der Waals surface area contributed by atoms with Crippen molar-refractivity contribution >= 4 is 23.3 Å². The summed E-state index contributed by atoms with van der Waals surface area (Å²) in [6.07, 6.45) is 3.57. The van der Waals surface area contributed by atoms with Crippen LogP contribution in [-0.2, 0) is 26.9 Å². The summed E-state index contributed by atoms with van der Waals surface area (Å²) >= 11 is 2.02. The molecule has 72 valence electrons. The zero-order valence-corrected chi connectivity index (χ0v) is 9.18. The molecule has 0 fully saturated rings. The van der Waals surface area contributed by atoms with E-state index in [9.17, 15) is 0 Å². The van der Waals surface area contributed by atoms with Crippen molar-refractivity contribution in [2.45, 2.75) is 6.92 Å². The van der Waals surface area contributed by atoms with Crippen LogP contribution in [0.5, 0.6) is 0 Å². The average molecular weight is 288 g/mol. The second-order valence-corrected chi connectivity index (χ2v) is 1.52. The monoisotopic (exact) mass is 287 g/mol. The quantitative estimate of drug-likeness (QED) is 0.533. The van der Waals surface area contributed by atoms with Crippen LogP contribution in [0.4, 0.5) is 0 Å². The van der Waals surface area contributed by atoms with E-state index in [-0.39, 0.29) is 0 Å². The van der Waals surface area contributed by atoms with Gasteiger partial charge >= 0.3 is 27.0 Å². The fraction of sp³-hybridized carbons (Fsp3) is 0.125. The third-order valence-corrected chi connectivity index (χ3v) is 0.847. The molecule has 0 saturated carbocycles. The van der Waals surface area contributed by atoms with Crippen molar-refractivity contribution in [3.63, 3.8) is 0 Å². The van der Waals surface area contributed by atoms with Crippen LogP contribution in [0.2, 0.25) is 0 Å². The second-order valence-electron chi connectivity index (χ2n) is 1.52.